The Bertz CT molecular complexity index is 205. The molecule has 0 aromatic rings. The standard InChI is InChI=1S/C9H17NO4/c1-4-5-10(6-8(11)12)9(13)7(2)14-3/h7H,4-6H2,1-3H3,(H,11,12). The highest BCUT2D eigenvalue weighted by Gasteiger charge is 2.21. The maximum absolute atomic E-state index is 11.5. The van der Waals surface area contributed by atoms with Crippen molar-refractivity contribution in [3.8, 4) is 0 Å². The number of amides is 1. The first-order chi connectivity index (χ1) is 6.52. The molecule has 1 N–H and O–H groups in total. The van der Waals surface area contributed by atoms with Crippen molar-refractivity contribution in [2.24, 2.45) is 0 Å². The number of methoxy groups -OCH3 is 1. The monoisotopic (exact) mass is 203 g/mol. The number of carboxylic acids is 1. The van der Waals surface area contributed by atoms with Crippen molar-refractivity contribution in [1.29, 1.82) is 0 Å². The van der Waals surface area contributed by atoms with Crippen LogP contribution < -0.4 is 0 Å². The zero-order valence-corrected chi connectivity index (χ0v) is 8.82. The third-order valence-corrected chi connectivity index (χ3v) is 1.83. The van der Waals surface area contributed by atoms with Crippen LogP contribution >= 0.6 is 0 Å². The van der Waals surface area contributed by atoms with Crippen LogP contribution in [0, 0.1) is 0 Å². The van der Waals surface area contributed by atoms with Gasteiger partial charge in [0.15, 0.2) is 0 Å². The Morgan fingerprint density at radius 2 is 2.07 bits per heavy atom. The summed E-state index contributed by atoms with van der Waals surface area (Å²) < 4.78 is 4.84. The van der Waals surface area contributed by atoms with Crippen molar-refractivity contribution < 1.29 is 19.4 Å². The van der Waals surface area contributed by atoms with E-state index in [4.69, 9.17) is 9.84 Å². The van der Waals surface area contributed by atoms with E-state index in [1.165, 1.54) is 12.0 Å². The number of carbonyl (C=O) groups is 2. The van der Waals surface area contributed by atoms with E-state index in [2.05, 4.69) is 0 Å². The first kappa shape index (κ1) is 12.9. The summed E-state index contributed by atoms with van der Waals surface area (Å²) in [7, 11) is 1.42. The number of nitrogens with zero attached hydrogens (tertiary/aromatic N) is 1. The van der Waals surface area contributed by atoms with Crippen LogP contribution in [0.5, 0.6) is 0 Å². The molecule has 0 aromatic carbocycles. The molecule has 0 rings (SSSR count). The number of hydrogen-bond acceptors (Lipinski definition) is 3. The van der Waals surface area contributed by atoms with Crippen molar-refractivity contribution in [2.45, 2.75) is 26.4 Å². The van der Waals surface area contributed by atoms with E-state index in [0.29, 0.717) is 6.54 Å². The Labute approximate surface area is 83.6 Å². The lowest BCUT2D eigenvalue weighted by atomic mass is 10.3. The van der Waals surface area contributed by atoms with E-state index in [-0.39, 0.29) is 12.5 Å². The molecule has 1 atom stereocenters. The lowest BCUT2D eigenvalue weighted by molar-refractivity contribution is -0.149. The molecular formula is C9H17NO4. The molecule has 0 spiro atoms. The molecule has 0 aliphatic rings. The third kappa shape index (κ3) is 4.23. The predicted molar refractivity (Wildman–Crippen MR) is 51.0 cm³/mol. The highest BCUT2D eigenvalue weighted by Crippen LogP contribution is 1.99. The lowest BCUT2D eigenvalue weighted by Gasteiger charge is -2.22. The molecule has 5 heteroatoms. The Morgan fingerprint density at radius 1 is 1.50 bits per heavy atom. The summed E-state index contributed by atoms with van der Waals surface area (Å²) in [4.78, 5) is 23.3. The van der Waals surface area contributed by atoms with Crippen molar-refractivity contribution in [3.63, 3.8) is 0 Å². The van der Waals surface area contributed by atoms with Crippen LogP contribution in [-0.2, 0) is 14.3 Å². The van der Waals surface area contributed by atoms with Gasteiger partial charge >= 0.3 is 5.97 Å². The van der Waals surface area contributed by atoms with Gasteiger partial charge in [0, 0.05) is 13.7 Å². The second kappa shape index (κ2) is 6.37. The minimum absolute atomic E-state index is 0.264. The van der Waals surface area contributed by atoms with Crippen LogP contribution in [-0.4, -0.2) is 48.2 Å². The van der Waals surface area contributed by atoms with Gasteiger partial charge in [-0.1, -0.05) is 6.92 Å². The van der Waals surface area contributed by atoms with Crippen LogP contribution in [0.15, 0.2) is 0 Å². The van der Waals surface area contributed by atoms with E-state index in [1.54, 1.807) is 6.92 Å². The van der Waals surface area contributed by atoms with Crippen LogP contribution in [0.3, 0.4) is 0 Å². The van der Waals surface area contributed by atoms with Gasteiger partial charge in [-0.05, 0) is 13.3 Å². The Morgan fingerprint density at radius 3 is 2.43 bits per heavy atom. The smallest absolute Gasteiger partial charge is 0.323 e. The molecule has 0 heterocycles. The number of carboxylic acid groups (broad SMARTS) is 1. The molecule has 0 aliphatic carbocycles. The van der Waals surface area contributed by atoms with Gasteiger partial charge in [0.1, 0.15) is 12.6 Å². The quantitative estimate of drug-likeness (QED) is 0.676. The van der Waals surface area contributed by atoms with Crippen LogP contribution in [0.1, 0.15) is 20.3 Å². The Hall–Kier alpha value is -1.10. The molecule has 0 bridgehead atoms. The summed E-state index contributed by atoms with van der Waals surface area (Å²) in [5.41, 5.74) is 0. The van der Waals surface area contributed by atoms with Crippen molar-refractivity contribution in [2.75, 3.05) is 20.2 Å². The van der Waals surface area contributed by atoms with Crippen LogP contribution in [0.2, 0.25) is 0 Å². The van der Waals surface area contributed by atoms with Crippen LogP contribution in [0.4, 0.5) is 0 Å². The molecule has 1 amide bonds. The van der Waals surface area contributed by atoms with Crippen LogP contribution in [0.25, 0.3) is 0 Å². The average molecular weight is 203 g/mol. The minimum atomic E-state index is -1.00. The Balaban J connectivity index is 4.31. The molecule has 0 aliphatic heterocycles. The number of aliphatic carboxylic acids is 1. The summed E-state index contributed by atoms with van der Waals surface area (Å²) in [6.45, 7) is 3.67. The molecule has 1 unspecified atom stereocenters. The van der Waals surface area contributed by atoms with E-state index < -0.39 is 12.1 Å². The van der Waals surface area contributed by atoms with Gasteiger partial charge < -0.3 is 14.7 Å². The molecule has 14 heavy (non-hydrogen) atoms. The number of ether oxygens (including phenoxy) is 1. The normalized spacial score (nSPS) is 12.2. The van der Waals surface area contributed by atoms with E-state index >= 15 is 0 Å². The first-order valence-corrected chi connectivity index (χ1v) is 4.56. The van der Waals surface area contributed by atoms with Gasteiger partial charge in [0.05, 0.1) is 0 Å². The first-order valence-electron chi connectivity index (χ1n) is 4.56. The fourth-order valence-electron chi connectivity index (χ4n) is 1.06. The fourth-order valence-corrected chi connectivity index (χ4v) is 1.06. The molecule has 82 valence electrons. The molecule has 5 nitrogen and oxygen atoms in total. The maximum Gasteiger partial charge on any atom is 0.323 e. The predicted octanol–water partition coefficient (Wildman–Crippen LogP) is 0.344. The number of rotatable bonds is 6. The van der Waals surface area contributed by atoms with E-state index in [9.17, 15) is 9.59 Å². The van der Waals surface area contributed by atoms with Crippen molar-refractivity contribution in [3.05, 3.63) is 0 Å². The van der Waals surface area contributed by atoms with Gasteiger partial charge in [-0.15, -0.1) is 0 Å². The van der Waals surface area contributed by atoms with Gasteiger partial charge in [-0.2, -0.15) is 0 Å². The summed E-state index contributed by atoms with van der Waals surface area (Å²) in [5, 5.41) is 8.58. The third-order valence-electron chi connectivity index (χ3n) is 1.83. The van der Waals surface area contributed by atoms with Crippen molar-refractivity contribution in [1.82, 2.24) is 4.90 Å². The minimum Gasteiger partial charge on any atom is -0.480 e. The van der Waals surface area contributed by atoms with Gasteiger partial charge in [0.25, 0.3) is 5.91 Å². The van der Waals surface area contributed by atoms with E-state index in [0.717, 1.165) is 6.42 Å². The van der Waals surface area contributed by atoms with Gasteiger partial charge in [0.2, 0.25) is 0 Å². The highest BCUT2D eigenvalue weighted by atomic mass is 16.5. The topological polar surface area (TPSA) is 66.8 Å². The maximum atomic E-state index is 11.5. The molecule has 0 saturated carbocycles. The molecule has 0 fully saturated rings. The Kier molecular flexibility index (Phi) is 5.87. The number of carbonyl (C=O) groups excluding carboxylic acids is 1. The SMILES string of the molecule is CCCN(CC(=O)O)C(=O)C(C)OC. The van der Waals surface area contributed by atoms with Gasteiger partial charge in [-0.3, -0.25) is 9.59 Å². The average Bonchev–Trinajstić information content (AvgIpc) is 2.14. The molecule has 0 saturated heterocycles. The molecule has 0 radical (unpaired) electrons. The highest BCUT2D eigenvalue weighted by molar-refractivity contribution is 5.84. The van der Waals surface area contributed by atoms with Crippen molar-refractivity contribution >= 4 is 11.9 Å². The largest absolute Gasteiger partial charge is 0.480 e. The summed E-state index contributed by atoms with van der Waals surface area (Å²) in [6.07, 6.45) is 0.149. The summed E-state index contributed by atoms with van der Waals surface area (Å²) in [6, 6.07) is 0. The lowest BCUT2D eigenvalue weighted by Crippen LogP contribution is -2.42. The molecule has 0 aromatic heterocycles. The van der Waals surface area contributed by atoms with Gasteiger partial charge in [-0.25, -0.2) is 0 Å². The zero-order chi connectivity index (χ0) is 11.1. The fraction of sp³-hybridized carbons (Fsp3) is 0.778. The second-order valence-electron chi connectivity index (χ2n) is 3.03. The summed E-state index contributed by atoms with van der Waals surface area (Å²) >= 11 is 0. The second-order valence-corrected chi connectivity index (χ2v) is 3.03. The van der Waals surface area contributed by atoms with E-state index in [1.807, 2.05) is 6.92 Å². The molecular weight excluding hydrogens is 186 g/mol. The zero-order valence-electron chi connectivity index (χ0n) is 8.82. The number of hydrogen-bond donors (Lipinski definition) is 1. The summed E-state index contributed by atoms with van der Waals surface area (Å²) in [5.74, 6) is -1.29.